The molecule has 62 heavy (non-hydrogen) atoms. The molecule has 16 nitrogen and oxygen atoms in total. The Balaban J connectivity index is 1.01. The van der Waals surface area contributed by atoms with Crippen molar-refractivity contribution < 1.29 is 38.1 Å². The maximum atomic E-state index is 14.1. The van der Waals surface area contributed by atoms with Gasteiger partial charge in [-0.3, -0.25) is 9.59 Å². The van der Waals surface area contributed by atoms with Gasteiger partial charge < -0.3 is 49.3 Å². The van der Waals surface area contributed by atoms with E-state index in [9.17, 15) is 19.2 Å². The smallest absolute Gasteiger partial charge is 0.407 e. The normalized spacial score (nSPS) is 20.4. The number of fused-ring (bicyclic) bond motifs is 2. The van der Waals surface area contributed by atoms with Gasteiger partial charge in [-0.1, -0.05) is 77.9 Å². The number of alkyl carbamates (subject to hydrolysis) is 2. The number of rotatable bonds is 10. The van der Waals surface area contributed by atoms with Gasteiger partial charge in [-0.2, -0.15) is 0 Å². The fraction of sp³-hybridized carbons (Fsp3) is 0.478. The summed E-state index contributed by atoms with van der Waals surface area (Å²) in [4.78, 5) is 72.8. The zero-order chi connectivity index (χ0) is 44.1. The molecule has 3 aliphatic heterocycles. The van der Waals surface area contributed by atoms with Crippen LogP contribution in [0.15, 0.2) is 60.7 Å². The Bertz CT molecular complexity index is 2490. The minimum absolute atomic E-state index is 0.137. The fourth-order valence-corrected chi connectivity index (χ4v) is 9.11. The van der Waals surface area contributed by atoms with E-state index in [4.69, 9.17) is 28.9 Å². The number of hydrogen-bond donors (Lipinski definition) is 4. The van der Waals surface area contributed by atoms with Gasteiger partial charge in [-0.25, -0.2) is 19.6 Å². The van der Waals surface area contributed by atoms with Crippen LogP contribution in [-0.2, 0) is 28.5 Å². The van der Waals surface area contributed by atoms with Crippen molar-refractivity contribution in [2.45, 2.75) is 84.3 Å². The van der Waals surface area contributed by atoms with Crippen LogP contribution in [0.5, 0.6) is 0 Å². The molecule has 5 heterocycles. The summed E-state index contributed by atoms with van der Waals surface area (Å²) in [5.41, 5.74) is 7.16. The zero-order valence-electron chi connectivity index (χ0n) is 36.5. The molecule has 3 aliphatic rings. The van der Waals surface area contributed by atoms with E-state index in [0.29, 0.717) is 37.8 Å². The van der Waals surface area contributed by atoms with Crippen LogP contribution in [0, 0.1) is 17.3 Å². The molecule has 328 valence electrons. The van der Waals surface area contributed by atoms with Crippen LogP contribution in [0.1, 0.15) is 78.1 Å². The second kappa shape index (κ2) is 16.7. The Kier molecular flexibility index (Phi) is 11.5. The highest BCUT2D eigenvalue weighted by Crippen LogP contribution is 2.44. The Labute approximate surface area is 360 Å². The van der Waals surface area contributed by atoms with E-state index in [-0.39, 0.29) is 41.7 Å². The molecule has 4 N–H and O–H groups in total. The molecular weight excluding hydrogens is 793 g/mol. The Morgan fingerprint density at radius 1 is 0.661 bits per heavy atom. The van der Waals surface area contributed by atoms with Crippen molar-refractivity contribution in [3.8, 4) is 22.3 Å². The standard InChI is InChI=1S/C46H56N8O8/c1-25(2)37(51-43(57)59-7)41(55)53-23-45(5,6)21-35(53)39-47-31-15-13-29(19-33(31)49-39)27-9-11-28(12-10-27)30-14-16-32-34(20-30)50-40(48-32)36-22-46(61-17-18-62-46)24-54(36)42(56)38(26(3)4)52-44(58)60-8/h9-16,19-20,25-26,35-38H,17-18,21-24H2,1-8H3,(H,47,49)(H,48,50)(H,51,57)(H,52,58)/t35-,36-,37+,38+/m0/s1. The third-order valence-electron chi connectivity index (χ3n) is 12.4. The van der Waals surface area contributed by atoms with Crippen molar-refractivity contribution in [1.29, 1.82) is 0 Å². The highest BCUT2D eigenvalue weighted by molar-refractivity contribution is 5.89. The van der Waals surface area contributed by atoms with Gasteiger partial charge in [0.15, 0.2) is 5.79 Å². The Morgan fingerprint density at radius 3 is 1.52 bits per heavy atom. The maximum Gasteiger partial charge on any atom is 0.407 e. The van der Waals surface area contributed by atoms with Crippen LogP contribution in [-0.4, -0.2) is 112 Å². The quantitative estimate of drug-likeness (QED) is 0.116. The number of carbonyl (C=O) groups is 4. The van der Waals surface area contributed by atoms with E-state index < -0.39 is 36.1 Å². The highest BCUT2D eigenvalue weighted by Gasteiger charge is 2.53. The predicted octanol–water partition coefficient (Wildman–Crippen LogP) is 6.85. The lowest BCUT2D eigenvalue weighted by molar-refractivity contribution is -0.153. The van der Waals surface area contributed by atoms with E-state index >= 15 is 0 Å². The number of benzene rings is 3. The molecule has 4 atom stereocenters. The minimum Gasteiger partial charge on any atom is -0.453 e. The molecule has 0 unspecified atom stereocenters. The summed E-state index contributed by atoms with van der Waals surface area (Å²) in [6, 6.07) is 18.2. The second-order valence-electron chi connectivity index (χ2n) is 18.1. The lowest BCUT2D eigenvalue weighted by Gasteiger charge is -2.30. The third kappa shape index (κ3) is 8.32. The average molecular weight is 849 g/mol. The lowest BCUT2D eigenvalue weighted by Crippen LogP contribution is -2.52. The molecule has 4 amide bonds. The monoisotopic (exact) mass is 848 g/mol. The third-order valence-corrected chi connectivity index (χ3v) is 12.4. The van der Waals surface area contributed by atoms with Gasteiger partial charge in [0, 0.05) is 13.0 Å². The van der Waals surface area contributed by atoms with Gasteiger partial charge in [0.05, 0.1) is 68.1 Å². The summed E-state index contributed by atoms with van der Waals surface area (Å²) in [5, 5.41) is 5.44. The Morgan fingerprint density at radius 2 is 1.08 bits per heavy atom. The average Bonchev–Trinajstić information content (AvgIpc) is 4.10. The number of aromatic amines is 2. The first-order valence-corrected chi connectivity index (χ1v) is 21.3. The number of hydrogen-bond acceptors (Lipinski definition) is 10. The number of nitrogens with zero attached hydrogens (tertiary/aromatic N) is 4. The highest BCUT2D eigenvalue weighted by atomic mass is 16.7. The molecule has 0 saturated carbocycles. The summed E-state index contributed by atoms with van der Waals surface area (Å²) in [6.07, 6.45) is -0.190. The molecule has 16 heteroatoms. The van der Waals surface area contributed by atoms with E-state index in [1.165, 1.54) is 14.2 Å². The number of imidazole rings is 2. The first-order valence-electron chi connectivity index (χ1n) is 21.3. The first-order chi connectivity index (χ1) is 29.6. The number of aromatic nitrogens is 4. The van der Waals surface area contributed by atoms with Crippen LogP contribution >= 0.6 is 0 Å². The summed E-state index contributed by atoms with van der Waals surface area (Å²) in [7, 11) is 2.57. The molecule has 3 aromatic carbocycles. The molecule has 3 fully saturated rings. The first kappa shape index (κ1) is 42.7. The van der Waals surface area contributed by atoms with Crippen molar-refractivity contribution >= 4 is 46.1 Å². The molecule has 2 aromatic heterocycles. The minimum atomic E-state index is -0.944. The predicted molar refractivity (Wildman–Crippen MR) is 232 cm³/mol. The molecule has 1 spiro atoms. The molecular formula is C46H56N8O8. The van der Waals surface area contributed by atoms with Crippen molar-refractivity contribution in [2.75, 3.05) is 40.5 Å². The fourth-order valence-electron chi connectivity index (χ4n) is 9.11. The number of carbonyl (C=O) groups excluding carboxylic acids is 4. The van der Waals surface area contributed by atoms with Gasteiger partial charge in [0.25, 0.3) is 0 Å². The molecule has 0 radical (unpaired) electrons. The number of H-pyrrole nitrogens is 2. The molecule has 0 bridgehead atoms. The largest absolute Gasteiger partial charge is 0.453 e. The van der Waals surface area contributed by atoms with Gasteiger partial charge in [0.2, 0.25) is 11.8 Å². The number of methoxy groups -OCH3 is 2. The molecule has 5 aromatic rings. The SMILES string of the molecule is COC(=O)N[C@@H](C(=O)N1CC(C)(C)C[C@H]1c1nc2ccc(-c3ccc(-c4ccc5nc([C@@H]6CC7(CN6C(=O)[C@H](NC(=O)OC)C(C)C)OCCO7)[nH]c5c4)cc3)cc2[nH]1)C(C)C. The van der Waals surface area contributed by atoms with Crippen LogP contribution in [0.4, 0.5) is 9.59 Å². The van der Waals surface area contributed by atoms with Crippen molar-refractivity contribution in [3.05, 3.63) is 72.3 Å². The van der Waals surface area contributed by atoms with E-state index in [2.05, 4.69) is 76.9 Å². The van der Waals surface area contributed by atoms with Crippen LogP contribution < -0.4 is 10.6 Å². The van der Waals surface area contributed by atoms with Gasteiger partial charge in [-0.05, 0) is 70.2 Å². The van der Waals surface area contributed by atoms with E-state index in [1.807, 2.05) is 50.8 Å². The zero-order valence-corrected chi connectivity index (χ0v) is 36.5. The van der Waals surface area contributed by atoms with Gasteiger partial charge in [-0.15, -0.1) is 0 Å². The van der Waals surface area contributed by atoms with Crippen LogP contribution in [0.25, 0.3) is 44.3 Å². The van der Waals surface area contributed by atoms with Crippen molar-refractivity contribution in [3.63, 3.8) is 0 Å². The topological polar surface area (TPSA) is 193 Å². The number of amides is 4. The van der Waals surface area contributed by atoms with Gasteiger partial charge >= 0.3 is 12.2 Å². The van der Waals surface area contributed by atoms with E-state index in [0.717, 1.165) is 50.7 Å². The molecule has 8 rings (SSSR count). The number of nitrogens with one attached hydrogen (secondary N) is 4. The second-order valence-corrected chi connectivity index (χ2v) is 18.1. The lowest BCUT2D eigenvalue weighted by atomic mass is 9.90. The summed E-state index contributed by atoms with van der Waals surface area (Å²) in [5.74, 6) is -0.369. The summed E-state index contributed by atoms with van der Waals surface area (Å²) >= 11 is 0. The number of likely N-dealkylation sites (tertiary alicyclic amines) is 2. The van der Waals surface area contributed by atoms with Crippen molar-refractivity contribution in [1.82, 2.24) is 40.4 Å². The van der Waals surface area contributed by atoms with Crippen LogP contribution in [0.2, 0.25) is 0 Å². The number of ether oxygens (including phenoxy) is 4. The molecule has 0 aliphatic carbocycles. The summed E-state index contributed by atoms with van der Waals surface area (Å²) in [6.45, 7) is 13.5. The summed E-state index contributed by atoms with van der Waals surface area (Å²) < 4.78 is 21.7. The maximum absolute atomic E-state index is 14.1. The van der Waals surface area contributed by atoms with Crippen molar-refractivity contribution in [2.24, 2.45) is 17.3 Å². The Hall–Kier alpha value is -6.00. The van der Waals surface area contributed by atoms with E-state index in [1.54, 1.807) is 4.90 Å². The van der Waals surface area contributed by atoms with Gasteiger partial charge in [0.1, 0.15) is 23.7 Å². The molecule has 3 saturated heterocycles. The van der Waals surface area contributed by atoms with Crippen LogP contribution in [0.3, 0.4) is 0 Å².